The molecule has 0 fully saturated rings. The maximum Gasteiger partial charge on any atom is 0.214 e. The minimum absolute atomic E-state index is 0.585. The van der Waals surface area contributed by atoms with Crippen LogP contribution in [0.1, 0.15) is 11.3 Å². The highest BCUT2D eigenvalue weighted by molar-refractivity contribution is 7.98. The molecule has 2 heterocycles. The second-order valence-electron chi connectivity index (χ2n) is 3.99. The largest absolute Gasteiger partial charge is 0.214 e. The monoisotopic (exact) mass is 324 g/mol. The van der Waals surface area contributed by atoms with E-state index < -0.39 is 0 Å². The van der Waals surface area contributed by atoms with Crippen LogP contribution in [-0.4, -0.2) is 29.8 Å². The zero-order valence-corrected chi connectivity index (χ0v) is 12.8. The van der Waals surface area contributed by atoms with Gasteiger partial charge in [-0.25, -0.2) is 0 Å². The highest BCUT2D eigenvalue weighted by atomic mass is 35.5. The fraction of sp³-hybridized carbons (Fsp3) is 0.182. The lowest BCUT2D eigenvalue weighted by molar-refractivity contribution is 0.756. The number of hydrogen-bond acceptors (Lipinski definition) is 7. The molecule has 0 unspecified atom stereocenters. The zero-order valence-electron chi connectivity index (χ0n) is 10.4. The third-order valence-electron chi connectivity index (χ3n) is 2.57. The fourth-order valence-corrected chi connectivity index (χ4v) is 3.16. The van der Waals surface area contributed by atoms with Crippen LogP contribution in [0, 0.1) is 6.92 Å². The Morgan fingerprint density at radius 2 is 2.05 bits per heavy atom. The van der Waals surface area contributed by atoms with Gasteiger partial charge in [0, 0.05) is 17.3 Å². The van der Waals surface area contributed by atoms with Crippen LogP contribution in [0.2, 0.25) is 4.34 Å². The molecule has 3 rings (SSSR count). The van der Waals surface area contributed by atoms with Crippen molar-refractivity contribution in [2.24, 2.45) is 0 Å². The van der Waals surface area contributed by atoms with E-state index in [9.17, 15) is 0 Å². The number of tetrazole rings is 1. The standard InChI is InChI=1S/C11H9ClN6S2/c1-7-2-4-8(5-3-7)18-11(14-15-16-18)19-6-9-10(12)20-17-13-9/h2-5H,6H2,1H3. The SMILES string of the molecule is Cc1ccc(-n2nnnc2SCc2nnsc2Cl)cc1. The van der Waals surface area contributed by atoms with Crippen LogP contribution in [0.25, 0.3) is 5.69 Å². The van der Waals surface area contributed by atoms with E-state index >= 15 is 0 Å². The van der Waals surface area contributed by atoms with Crippen LogP contribution in [-0.2, 0) is 5.75 Å². The Bertz CT molecular complexity index is 708. The van der Waals surface area contributed by atoms with Gasteiger partial charge < -0.3 is 0 Å². The van der Waals surface area contributed by atoms with Crippen LogP contribution in [0.15, 0.2) is 29.4 Å². The van der Waals surface area contributed by atoms with Gasteiger partial charge in [0.15, 0.2) is 0 Å². The van der Waals surface area contributed by atoms with Crippen molar-refractivity contribution < 1.29 is 0 Å². The molecule has 3 aromatic rings. The first kappa shape index (κ1) is 13.5. The smallest absolute Gasteiger partial charge is 0.188 e. The van der Waals surface area contributed by atoms with Crippen molar-refractivity contribution >= 4 is 34.9 Å². The van der Waals surface area contributed by atoms with Crippen LogP contribution in [0.5, 0.6) is 0 Å². The average molecular weight is 325 g/mol. The Labute approximate surface area is 128 Å². The number of hydrogen-bond donors (Lipinski definition) is 0. The molecule has 0 saturated heterocycles. The van der Waals surface area contributed by atoms with Gasteiger partial charge in [-0.05, 0) is 29.5 Å². The first-order chi connectivity index (χ1) is 9.74. The molecule has 0 atom stereocenters. The van der Waals surface area contributed by atoms with Gasteiger partial charge >= 0.3 is 0 Å². The van der Waals surface area contributed by atoms with Crippen molar-refractivity contribution in [2.45, 2.75) is 17.8 Å². The highest BCUT2D eigenvalue weighted by Gasteiger charge is 2.12. The summed E-state index contributed by atoms with van der Waals surface area (Å²) in [6.07, 6.45) is 0. The van der Waals surface area contributed by atoms with E-state index in [-0.39, 0.29) is 0 Å². The van der Waals surface area contributed by atoms with Gasteiger partial charge in [0.1, 0.15) is 10.0 Å². The number of aryl methyl sites for hydroxylation is 1. The summed E-state index contributed by atoms with van der Waals surface area (Å²) in [6.45, 7) is 2.04. The molecule has 0 N–H and O–H groups in total. The van der Waals surface area contributed by atoms with Gasteiger partial charge in [0.2, 0.25) is 5.16 Å². The summed E-state index contributed by atoms with van der Waals surface area (Å²) >= 11 is 8.62. The van der Waals surface area contributed by atoms with E-state index in [1.807, 2.05) is 31.2 Å². The summed E-state index contributed by atoms with van der Waals surface area (Å²) in [4.78, 5) is 0. The van der Waals surface area contributed by atoms with Gasteiger partial charge in [0.25, 0.3) is 0 Å². The Hall–Kier alpha value is -1.51. The molecule has 20 heavy (non-hydrogen) atoms. The van der Waals surface area contributed by atoms with E-state index in [4.69, 9.17) is 11.6 Å². The van der Waals surface area contributed by atoms with Crippen molar-refractivity contribution in [2.75, 3.05) is 0 Å². The topological polar surface area (TPSA) is 69.4 Å². The molecule has 0 spiro atoms. The van der Waals surface area contributed by atoms with E-state index in [2.05, 4.69) is 25.1 Å². The lowest BCUT2D eigenvalue weighted by Gasteiger charge is -2.03. The maximum absolute atomic E-state index is 5.98. The summed E-state index contributed by atoms with van der Waals surface area (Å²) in [5, 5.41) is 16.4. The average Bonchev–Trinajstić information content (AvgIpc) is 3.06. The first-order valence-corrected chi connectivity index (χ1v) is 7.82. The van der Waals surface area contributed by atoms with Crippen molar-refractivity contribution in [3.63, 3.8) is 0 Å². The molecule has 1 aromatic carbocycles. The van der Waals surface area contributed by atoms with Gasteiger partial charge in [-0.15, -0.1) is 10.2 Å². The molecule has 0 amide bonds. The van der Waals surface area contributed by atoms with Crippen molar-refractivity contribution in [3.8, 4) is 5.69 Å². The molecule has 0 aliphatic rings. The second-order valence-corrected chi connectivity index (χ2v) is 6.29. The van der Waals surface area contributed by atoms with E-state index in [1.165, 1.54) is 28.9 Å². The van der Waals surface area contributed by atoms with Crippen LogP contribution < -0.4 is 0 Å². The molecule has 0 bridgehead atoms. The minimum atomic E-state index is 0.585. The molecule has 6 nitrogen and oxygen atoms in total. The number of nitrogens with zero attached hydrogens (tertiary/aromatic N) is 6. The molecule has 2 aromatic heterocycles. The quantitative estimate of drug-likeness (QED) is 0.687. The Morgan fingerprint density at radius 3 is 2.75 bits per heavy atom. The summed E-state index contributed by atoms with van der Waals surface area (Å²) < 4.78 is 6.10. The Balaban J connectivity index is 1.80. The molecular weight excluding hydrogens is 316 g/mol. The van der Waals surface area contributed by atoms with Crippen molar-refractivity contribution in [3.05, 3.63) is 39.9 Å². The summed E-state index contributed by atoms with van der Waals surface area (Å²) in [5.74, 6) is 0.585. The molecule has 9 heteroatoms. The van der Waals surface area contributed by atoms with Gasteiger partial charge in [-0.1, -0.05) is 45.5 Å². The first-order valence-electron chi connectivity index (χ1n) is 5.69. The summed E-state index contributed by atoms with van der Waals surface area (Å²) in [7, 11) is 0. The van der Waals surface area contributed by atoms with E-state index in [0.29, 0.717) is 15.2 Å². The van der Waals surface area contributed by atoms with Crippen molar-refractivity contribution in [1.82, 2.24) is 29.8 Å². The molecule has 102 valence electrons. The fourth-order valence-electron chi connectivity index (χ4n) is 1.53. The number of rotatable bonds is 4. The van der Waals surface area contributed by atoms with Crippen LogP contribution in [0.4, 0.5) is 0 Å². The van der Waals surface area contributed by atoms with E-state index in [1.54, 1.807) is 4.68 Å². The molecule has 0 aliphatic carbocycles. The Kier molecular flexibility index (Phi) is 3.95. The molecule has 0 saturated carbocycles. The van der Waals surface area contributed by atoms with Gasteiger partial charge in [-0.2, -0.15) is 4.68 Å². The molecular formula is C11H9ClN6S2. The molecule has 0 aliphatic heterocycles. The summed E-state index contributed by atoms with van der Waals surface area (Å²) in [6, 6.07) is 8.00. The van der Waals surface area contributed by atoms with Crippen LogP contribution >= 0.6 is 34.9 Å². The number of aromatic nitrogens is 6. The van der Waals surface area contributed by atoms with Crippen molar-refractivity contribution in [1.29, 1.82) is 0 Å². The number of halogens is 1. The Morgan fingerprint density at radius 1 is 1.25 bits per heavy atom. The lowest BCUT2D eigenvalue weighted by Crippen LogP contribution is -1.99. The maximum atomic E-state index is 5.98. The number of thioether (sulfide) groups is 1. The third kappa shape index (κ3) is 2.82. The highest BCUT2D eigenvalue weighted by Crippen LogP contribution is 2.26. The number of benzene rings is 1. The normalized spacial score (nSPS) is 10.9. The predicted molar refractivity (Wildman–Crippen MR) is 78.4 cm³/mol. The lowest BCUT2D eigenvalue weighted by atomic mass is 10.2. The van der Waals surface area contributed by atoms with E-state index in [0.717, 1.165) is 11.4 Å². The zero-order chi connectivity index (χ0) is 13.9. The minimum Gasteiger partial charge on any atom is -0.188 e. The second kappa shape index (κ2) is 5.86. The van der Waals surface area contributed by atoms with Gasteiger partial charge in [-0.3, -0.25) is 0 Å². The third-order valence-corrected chi connectivity index (χ3v) is 4.48. The molecule has 0 radical (unpaired) electrons. The van der Waals surface area contributed by atoms with Crippen LogP contribution in [0.3, 0.4) is 0 Å². The predicted octanol–water partition coefficient (Wildman–Crippen LogP) is 2.77. The van der Waals surface area contributed by atoms with Gasteiger partial charge in [0.05, 0.1) is 5.69 Å². The summed E-state index contributed by atoms with van der Waals surface area (Å²) in [5.41, 5.74) is 2.86.